The Labute approximate surface area is 122 Å². The second kappa shape index (κ2) is 7.40. The van der Waals surface area contributed by atoms with Gasteiger partial charge in [-0.05, 0) is 38.5 Å². The van der Waals surface area contributed by atoms with Gasteiger partial charge in [0.1, 0.15) is 5.82 Å². The van der Waals surface area contributed by atoms with Crippen molar-refractivity contribution in [1.82, 2.24) is 0 Å². The van der Waals surface area contributed by atoms with Crippen molar-refractivity contribution < 1.29 is 13.9 Å². The van der Waals surface area contributed by atoms with Crippen molar-refractivity contribution in [2.24, 2.45) is 0 Å². The topological polar surface area (TPSA) is 18.5 Å². The fourth-order valence-corrected chi connectivity index (χ4v) is 2.21. The van der Waals surface area contributed by atoms with Crippen LogP contribution in [0.2, 0.25) is 0 Å². The van der Waals surface area contributed by atoms with E-state index in [-0.39, 0.29) is 17.5 Å². The molecule has 1 aromatic carbocycles. The highest BCUT2D eigenvalue weighted by Gasteiger charge is 2.13. The third-order valence-corrected chi connectivity index (χ3v) is 3.12. The molecule has 0 aliphatic carbocycles. The van der Waals surface area contributed by atoms with Gasteiger partial charge in [0.25, 0.3) is 0 Å². The molecule has 18 heavy (non-hydrogen) atoms. The largest absolute Gasteiger partial charge is 0.373 e. The van der Waals surface area contributed by atoms with Crippen molar-refractivity contribution in [3.8, 4) is 0 Å². The number of halogens is 2. The van der Waals surface area contributed by atoms with E-state index in [1.807, 2.05) is 20.8 Å². The predicted octanol–water partition coefficient (Wildman–Crippen LogP) is 4.13. The first-order valence-electron chi connectivity index (χ1n) is 5.99. The molecule has 0 aliphatic rings. The number of ether oxygens (including phenoxy) is 2. The SMILES string of the molecule is CC(C)(C)OCCOC(CI)c1ccc(F)cc1. The summed E-state index contributed by atoms with van der Waals surface area (Å²) in [6.45, 7) is 7.16. The predicted molar refractivity (Wildman–Crippen MR) is 79.7 cm³/mol. The summed E-state index contributed by atoms with van der Waals surface area (Å²) < 4.78 is 25.0. The van der Waals surface area contributed by atoms with E-state index in [2.05, 4.69) is 22.6 Å². The quantitative estimate of drug-likeness (QED) is 0.428. The first kappa shape index (κ1) is 15.9. The number of hydrogen-bond acceptors (Lipinski definition) is 2. The Kier molecular flexibility index (Phi) is 6.52. The normalized spacial score (nSPS) is 13.6. The van der Waals surface area contributed by atoms with Crippen LogP contribution in [0.5, 0.6) is 0 Å². The van der Waals surface area contributed by atoms with Gasteiger partial charge in [-0.2, -0.15) is 0 Å². The maximum Gasteiger partial charge on any atom is 0.123 e. The van der Waals surface area contributed by atoms with Crippen LogP contribution in [0.1, 0.15) is 32.4 Å². The summed E-state index contributed by atoms with van der Waals surface area (Å²) in [7, 11) is 0. The first-order chi connectivity index (χ1) is 8.42. The zero-order valence-electron chi connectivity index (χ0n) is 11.1. The molecule has 2 nitrogen and oxygen atoms in total. The highest BCUT2D eigenvalue weighted by molar-refractivity contribution is 14.1. The Morgan fingerprint density at radius 1 is 1.17 bits per heavy atom. The smallest absolute Gasteiger partial charge is 0.123 e. The van der Waals surface area contributed by atoms with Gasteiger partial charge in [0.05, 0.1) is 24.9 Å². The summed E-state index contributed by atoms with van der Waals surface area (Å²) in [5.41, 5.74) is 0.862. The summed E-state index contributed by atoms with van der Waals surface area (Å²) in [6, 6.07) is 6.46. The van der Waals surface area contributed by atoms with E-state index in [0.29, 0.717) is 13.2 Å². The van der Waals surface area contributed by atoms with E-state index in [9.17, 15) is 4.39 Å². The van der Waals surface area contributed by atoms with Crippen molar-refractivity contribution in [3.05, 3.63) is 35.6 Å². The molecular formula is C14H20FIO2. The van der Waals surface area contributed by atoms with Gasteiger partial charge in [0.2, 0.25) is 0 Å². The summed E-state index contributed by atoms with van der Waals surface area (Å²) >= 11 is 2.27. The third-order valence-electron chi connectivity index (χ3n) is 2.32. The summed E-state index contributed by atoms with van der Waals surface area (Å²) in [5, 5.41) is 0. The maximum atomic E-state index is 12.8. The van der Waals surface area contributed by atoms with Crippen LogP contribution in [-0.4, -0.2) is 23.2 Å². The van der Waals surface area contributed by atoms with Crippen LogP contribution < -0.4 is 0 Å². The molecule has 1 unspecified atom stereocenters. The highest BCUT2D eigenvalue weighted by atomic mass is 127. The molecule has 4 heteroatoms. The van der Waals surface area contributed by atoms with Crippen molar-refractivity contribution in [3.63, 3.8) is 0 Å². The maximum absolute atomic E-state index is 12.8. The van der Waals surface area contributed by atoms with E-state index in [1.165, 1.54) is 12.1 Å². The van der Waals surface area contributed by atoms with E-state index in [4.69, 9.17) is 9.47 Å². The summed E-state index contributed by atoms with van der Waals surface area (Å²) in [5.74, 6) is -0.220. The molecule has 0 heterocycles. The van der Waals surface area contributed by atoms with E-state index < -0.39 is 0 Å². The number of rotatable bonds is 6. The minimum absolute atomic E-state index is 0.00484. The molecule has 1 atom stereocenters. The molecule has 0 amide bonds. The molecule has 0 aliphatic heterocycles. The lowest BCUT2D eigenvalue weighted by Crippen LogP contribution is -2.22. The lowest BCUT2D eigenvalue weighted by Gasteiger charge is -2.21. The average Bonchev–Trinajstić information content (AvgIpc) is 2.29. The van der Waals surface area contributed by atoms with E-state index in [0.717, 1.165) is 9.99 Å². The van der Waals surface area contributed by atoms with Crippen LogP contribution in [0, 0.1) is 5.82 Å². The second-order valence-electron chi connectivity index (χ2n) is 5.03. The van der Waals surface area contributed by atoms with Gasteiger partial charge < -0.3 is 9.47 Å². The Balaban J connectivity index is 2.40. The highest BCUT2D eigenvalue weighted by Crippen LogP contribution is 2.20. The van der Waals surface area contributed by atoms with Gasteiger partial charge in [-0.15, -0.1) is 0 Å². The van der Waals surface area contributed by atoms with Crippen LogP contribution >= 0.6 is 22.6 Å². The van der Waals surface area contributed by atoms with E-state index >= 15 is 0 Å². The van der Waals surface area contributed by atoms with Gasteiger partial charge in [0, 0.05) is 4.43 Å². The lowest BCUT2D eigenvalue weighted by molar-refractivity contribution is -0.0477. The molecule has 0 N–H and O–H groups in total. The van der Waals surface area contributed by atoms with Gasteiger partial charge in [-0.3, -0.25) is 0 Å². The van der Waals surface area contributed by atoms with Crippen LogP contribution in [0.25, 0.3) is 0 Å². The lowest BCUT2D eigenvalue weighted by atomic mass is 10.1. The number of benzene rings is 1. The Bertz CT molecular complexity index is 346. The van der Waals surface area contributed by atoms with Crippen molar-refractivity contribution in [2.45, 2.75) is 32.5 Å². The zero-order valence-corrected chi connectivity index (χ0v) is 13.2. The Hall–Kier alpha value is -0.200. The third kappa shape index (κ3) is 6.11. The molecule has 0 radical (unpaired) electrons. The van der Waals surface area contributed by atoms with Crippen LogP contribution in [0.15, 0.2) is 24.3 Å². The van der Waals surface area contributed by atoms with Crippen LogP contribution in [0.4, 0.5) is 4.39 Å². The molecule has 0 bridgehead atoms. The van der Waals surface area contributed by atoms with Gasteiger partial charge in [0.15, 0.2) is 0 Å². The second-order valence-corrected chi connectivity index (χ2v) is 5.91. The summed E-state index contributed by atoms with van der Waals surface area (Å²) in [4.78, 5) is 0. The van der Waals surface area contributed by atoms with Gasteiger partial charge >= 0.3 is 0 Å². The standard InChI is InChI=1S/C14H20FIO2/c1-14(2,3)18-9-8-17-13(10-16)11-4-6-12(15)7-5-11/h4-7,13H,8-10H2,1-3H3. The molecule has 0 saturated carbocycles. The molecule has 102 valence electrons. The fourth-order valence-electron chi connectivity index (χ4n) is 1.45. The monoisotopic (exact) mass is 366 g/mol. The van der Waals surface area contributed by atoms with Gasteiger partial charge in [-0.1, -0.05) is 34.7 Å². The number of alkyl halides is 1. The minimum Gasteiger partial charge on any atom is -0.373 e. The molecular weight excluding hydrogens is 346 g/mol. The molecule has 0 spiro atoms. The van der Waals surface area contributed by atoms with Crippen LogP contribution in [-0.2, 0) is 9.47 Å². The van der Waals surface area contributed by atoms with Crippen LogP contribution in [0.3, 0.4) is 0 Å². The Morgan fingerprint density at radius 3 is 2.28 bits per heavy atom. The molecule has 1 aromatic rings. The summed E-state index contributed by atoms with van der Waals surface area (Å²) in [6.07, 6.45) is -0.00484. The minimum atomic E-state index is -0.220. The first-order valence-corrected chi connectivity index (χ1v) is 7.52. The molecule has 0 fully saturated rings. The average molecular weight is 366 g/mol. The zero-order chi connectivity index (χ0) is 13.6. The van der Waals surface area contributed by atoms with Crippen molar-refractivity contribution >= 4 is 22.6 Å². The molecule has 0 aromatic heterocycles. The fraction of sp³-hybridized carbons (Fsp3) is 0.571. The van der Waals surface area contributed by atoms with Gasteiger partial charge in [-0.25, -0.2) is 4.39 Å². The van der Waals surface area contributed by atoms with Crippen molar-refractivity contribution in [1.29, 1.82) is 0 Å². The Morgan fingerprint density at radius 2 is 1.78 bits per heavy atom. The van der Waals surface area contributed by atoms with E-state index in [1.54, 1.807) is 12.1 Å². The molecule has 1 rings (SSSR count). The van der Waals surface area contributed by atoms with Crippen molar-refractivity contribution in [2.75, 3.05) is 17.6 Å². The molecule has 0 saturated heterocycles. The number of hydrogen-bond donors (Lipinski definition) is 0.